The van der Waals surface area contributed by atoms with Crippen LogP contribution in [-0.2, 0) is 39.2 Å². The first-order valence-electron chi connectivity index (χ1n) is 11.3. The predicted molar refractivity (Wildman–Crippen MR) is 135 cm³/mol. The van der Waals surface area contributed by atoms with Gasteiger partial charge in [0.1, 0.15) is 18.2 Å². The second-order valence-corrected chi connectivity index (χ2v) is 8.73. The Morgan fingerprint density at radius 1 is 0.778 bits per heavy atom. The number of carboxylic acid groups (broad SMARTS) is 2. The van der Waals surface area contributed by atoms with Crippen molar-refractivity contribution in [3.8, 4) is 11.5 Å². The summed E-state index contributed by atoms with van der Waals surface area (Å²) in [7, 11) is 0. The number of carboxylic acids is 2. The third-order valence-electron chi connectivity index (χ3n) is 4.10. The summed E-state index contributed by atoms with van der Waals surface area (Å²) in [4.78, 5) is 26.3. The summed E-state index contributed by atoms with van der Waals surface area (Å²) in [5, 5.41) is 37.7. The average molecular weight is 544 g/mol. The van der Waals surface area contributed by atoms with Crippen molar-refractivity contribution < 1.29 is 46.8 Å². The molecule has 0 aliphatic heterocycles. The second kappa shape index (κ2) is 19.1. The van der Waals surface area contributed by atoms with Crippen molar-refractivity contribution >= 4 is 24.4 Å². The Hall–Kier alpha value is -3.17. The van der Waals surface area contributed by atoms with Gasteiger partial charge in [-0.25, -0.2) is 0 Å². The number of hydrogen-bond acceptors (Lipinski definition) is 8. The van der Waals surface area contributed by atoms with Crippen LogP contribution in [0.2, 0.25) is 0 Å². The van der Waals surface area contributed by atoms with E-state index in [0.29, 0.717) is 23.0 Å². The SMILES string of the molecule is CC(=O)[O-].CC(=O)[O-].CC(C)Cc1ccc(O)c(C=NCN=Cc2cc(CC(C)C)ccc2O)c1.[Co+2]. The minimum atomic E-state index is -1.08. The smallest absolute Gasteiger partial charge is 0.550 e. The van der Waals surface area contributed by atoms with Gasteiger partial charge in [0.25, 0.3) is 0 Å². The number of aromatic hydroxyl groups is 2. The van der Waals surface area contributed by atoms with E-state index in [9.17, 15) is 10.2 Å². The summed E-state index contributed by atoms with van der Waals surface area (Å²) < 4.78 is 0. The molecule has 0 bridgehead atoms. The molecule has 0 spiro atoms. The third kappa shape index (κ3) is 18.2. The third-order valence-corrected chi connectivity index (χ3v) is 4.10. The molecule has 199 valence electrons. The van der Waals surface area contributed by atoms with Crippen LogP contribution in [0.5, 0.6) is 11.5 Å². The van der Waals surface area contributed by atoms with Gasteiger partial charge < -0.3 is 30.0 Å². The quantitative estimate of drug-likeness (QED) is 0.490. The van der Waals surface area contributed by atoms with Crippen LogP contribution in [0.15, 0.2) is 46.4 Å². The minimum absolute atomic E-state index is 0. The molecule has 8 nitrogen and oxygen atoms in total. The zero-order valence-corrected chi connectivity index (χ0v) is 22.7. The van der Waals surface area contributed by atoms with E-state index in [2.05, 4.69) is 37.7 Å². The molecule has 2 rings (SSSR count). The van der Waals surface area contributed by atoms with Crippen molar-refractivity contribution in [3.05, 3.63) is 58.7 Å². The number of nitrogens with zero attached hydrogens (tertiary/aromatic N) is 2. The average Bonchev–Trinajstić information content (AvgIpc) is 2.70. The number of carbonyl (C=O) groups excluding carboxylic acids is 2. The van der Waals surface area contributed by atoms with E-state index >= 15 is 0 Å². The van der Waals surface area contributed by atoms with Crippen LogP contribution in [0, 0.1) is 11.8 Å². The molecule has 0 fully saturated rings. The second-order valence-electron chi connectivity index (χ2n) is 8.73. The number of phenols is 2. The molecule has 0 aliphatic carbocycles. The Kier molecular flexibility index (Phi) is 18.5. The fourth-order valence-electron chi connectivity index (χ4n) is 2.94. The zero-order chi connectivity index (χ0) is 27.0. The molecule has 2 aromatic carbocycles. The zero-order valence-electron chi connectivity index (χ0n) is 21.7. The molecule has 1 radical (unpaired) electrons. The Bertz CT molecular complexity index is 916. The molecule has 0 aromatic heterocycles. The maximum absolute atomic E-state index is 9.98. The maximum atomic E-state index is 9.98. The Morgan fingerprint density at radius 2 is 1.08 bits per heavy atom. The van der Waals surface area contributed by atoms with E-state index in [1.807, 2.05) is 24.3 Å². The number of hydrogen-bond donors (Lipinski definition) is 2. The van der Waals surface area contributed by atoms with E-state index in [4.69, 9.17) is 19.8 Å². The first-order chi connectivity index (χ1) is 16.3. The largest absolute Gasteiger partial charge is 2.00 e. The number of rotatable bonds is 8. The number of benzene rings is 2. The summed E-state index contributed by atoms with van der Waals surface area (Å²) in [5.41, 5.74) is 3.76. The molecule has 0 heterocycles. The molecule has 0 unspecified atom stereocenters. The summed E-state index contributed by atoms with van der Waals surface area (Å²) in [6.45, 7) is 10.9. The Balaban J connectivity index is 0. The van der Waals surface area contributed by atoms with Gasteiger partial charge in [-0.15, -0.1) is 0 Å². The molecule has 2 aromatic rings. The van der Waals surface area contributed by atoms with Gasteiger partial charge in [0.2, 0.25) is 0 Å². The van der Waals surface area contributed by atoms with E-state index in [1.54, 1.807) is 24.6 Å². The van der Waals surface area contributed by atoms with E-state index < -0.39 is 11.9 Å². The summed E-state index contributed by atoms with van der Waals surface area (Å²) in [6, 6.07) is 11.2. The minimum Gasteiger partial charge on any atom is -0.550 e. The van der Waals surface area contributed by atoms with Crippen molar-refractivity contribution in [2.75, 3.05) is 6.67 Å². The van der Waals surface area contributed by atoms with Crippen LogP contribution in [0.3, 0.4) is 0 Å². The Morgan fingerprint density at radius 3 is 1.36 bits per heavy atom. The number of aliphatic carboxylic acids is 2. The standard InChI is InChI=1S/C23H30N2O2.2C2H4O2.Co/c1-16(2)9-18-5-7-22(26)20(11-18)13-24-15-25-14-21-12-19(10-17(3)4)6-8-23(21)27;2*1-2(3)4;/h5-8,11-14,16-17,26-27H,9-10,15H2,1-4H3;2*1H3,(H,3,4);/q;;;+2/p-2. The van der Waals surface area contributed by atoms with Crippen molar-refractivity contribution in [2.45, 2.75) is 54.4 Å². The van der Waals surface area contributed by atoms with E-state index in [1.165, 1.54) is 11.1 Å². The van der Waals surface area contributed by atoms with Crippen LogP contribution in [0.1, 0.15) is 63.8 Å². The van der Waals surface area contributed by atoms with E-state index in [0.717, 1.165) is 26.7 Å². The van der Waals surface area contributed by atoms with Gasteiger partial charge in [-0.2, -0.15) is 0 Å². The van der Waals surface area contributed by atoms with Gasteiger partial charge in [0.05, 0.1) is 0 Å². The normalized spacial score (nSPS) is 10.4. The summed E-state index contributed by atoms with van der Waals surface area (Å²) >= 11 is 0. The van der Waals surface area contributed by atoms with Gasteiger partial charge >= 0.3 is 16.8 Å². The van der Waals surface area contributed by atoms with Crippen molar-refractivity contribution in [1.29, 1.82) is 0 Å². The molecule has 0 saturated heterocycles. The van der Waals surface area contributed by atoms with Crippen molar-refractivity contribution in [2.24, 2.45) is 21.8 Å². The van der Waals surface area contributed by atoms with Crippen molar-refractivity contribution in [3.63, 3.8) is 0 Å². The molecule has 0 atom stereocenters. The first-order valence-corrected chi connectivity index (χ1v) is 11.3. The fraction of sp³-hybridized carbons (Fsp3) is 0.407. The van der Waals surface area contributed by atoms with Crippen LogP contribution in [-0.4, -0.2) is 41.2 Å². The molecular weight excluding hydrogens is 507 g/mol. The van der Waals surface area contributed by atoms with Gasteiger partial charge in [-0.3, -0.25) is 9.98 Å². The fourth-order valence-corrected chi connectivity index (χ4v) is 2.94. The number of phenolic OH excluding ortho intramolecular Hbond substituents is 2. The van der Waals surface area contributed by atoms with Gasteiger partial charge in [0, 0.05) is 35.5 Å². The van der Waals surface area contributed by atoms with Gasteiger partial charge in [0.15, 0.2) is 0 Å². The molecule has 0 amide bonds. The number of aliphatic imine (C=N–C) groups is 2. The topological polar surface area (TPSA) is 145 Å². The molecule has 2 N–H and O–H groups in total. The molecule has 0 saturated carbocycles. The van der Waals surface area contributed by atoms with Crippen molar-refractivity contribution in [1.82, 2.24) is 0 Å². The monoisotopic (exact) mass is 543 g/mol. The summed E-state index contributed by atoms with van der Waals surface area (Å²) in [6.07, 6.45) is 5.22. The van der Waals surface area contributed by atoms with Crippen LogP contribution in [0.4, 0.5) is 0 Å². The first kappa shape index (κ1) is 35.0. The van der Waals surface area contributed by atoms with E-state index in [-0.39, 0.29) is 34.9 Å². The molecule has 9 heteroatoms. The van der Waals surface area contributed by atoms with Gasteiger partial charge in [-0.05, 0) is 73.9 Å². The van der Waals surface area contributed by atoms with Crippen LogP contribution >= 0.6 is 0 Å². The molecule has 0 aliphatic rings. The van der Waals surface area contributed by atoms with Crippen LogP contribution in [0.25, 0.3) is 0 Å². The van der Waals surface area contributed by atoms with Gasteiger partial charge in [-0.1, -0.05) is 39.8 Å². The maximum Gasteiger partial charge on any atom is 2.00 e. The Labute approximate surface area is 224 Å². The molecular formula is C27H36CoN2O6. The molecule has 36 heavy (non-hydrogen) atoms. The number of carbonyl (C=O) groups is 2. The summed E-state index contributed by atoms with van der Waals surface area (Å²) in [5.74, 6) is -0.616. The van der Waals surface area contributed by atoms with Crippen LogP contribution < -0.4 is 10.2 Å². The predicted octanol–water partition coefficient (Wildman–Crippen LogP) is 2.50.